The molecule has 3 aromatic rings. The fourth-order valence-electron chi connectivity index (χ4n) is 4.18. The molecule has 3 heterocycles. The van der Waals surface area contributed by atoms with Crippen LogP contribution in [0.3, 0.4) is 0 Å². The summed E-state index contributed by atoms with van der Waals surface area (Å²) in [7, 11) is 1.40. The number of piperazine rings is 1. The Balaban J connectivity index is 1.37. The van der Waals surface area contributed by atoms with Crippen molar-refractivity contribution in [2.24, 2.45) is 0 Å². The normalized spacial score (nSPS) is 14.4. The van der Waals surface area contributed by atoms with Gasteiger partial charge in [0.1, 0.15) is 5.52 Å². The van der Waals surface area contributed by atoms with Gasteiger partial charge >= 0.3 is 17.7 Å². The molecule has 1 aliphatic heterocycles. The van der Waals surface area contributed by atoms with Crippen LogP contribution in [0.4, 0.5) is 11.5 Å². The number of aromatic nitrogens is 4. The van der Waals surface area contributed by atoms with Crippen molar-refractivity contribution in [2.45, 2.75) is 32.7 Å². The molecule has 0 saturated carbocycles. The van der Waals surface area contributed by atoms with Crippen molar-refractivity contribution < 1.29 is 14.3 Å². The largest absolute Gasteiger partial charge is 0.469 e. The highest BCUT2D eigenvalue weighted by Crippen LogP contribution is 2.20. The molecule has 0 unspecified atom stereocenters. The molecule has 0 radical (unpaired) electrons. The van der Waals surface area contributed by atoms with Crippen LogP contribution >= 0.6 is 0 Å². The number of ether oxygens (including phenoxy) is 2. The fraction of sp³-hybridized carbons (Fsp3) is 0.500. The van der Waals surface area contributed by atoms with Crippen molar-refractivity contribution in [1.82, 2.24) is 24.4 Å². The van der Waals surface area contributed by atoms with Crippen molar-refractivity contribution in [3.8, 4) is 6.01 Å². The number of esters is 1. The molecule has 1 saturated heterocycles. The number of fused-ring (bicyclic) bond motifs is 1. The van der Waals surface area contributed by atoms with Crippen LogP contribution in [0.25, 0.3) is 11.2 Å². The maximum Gasteiger partial charge on any atom is 0.327 e. The topological polar surface area (TPSA) is 132 Å². The zero-order chi connectivity index (χ0) is 24.8. The number of H-pyrrole nitrogens is 1. The minimum atomic E-state index is -0.257. The van der Waals surface area contributed by atoms with Gasteiger partial charge in [-0.25, -0.2) is 4.79 Å². The van der Waals surface area contributed by atoms with Gasteiger partial charge < -0.3 is 25.1 Å². The summed E-state index contributed by atoms with van der Waals surface area (Å²) in [5, 5.41) is 0. The molecule has 1 aromatic carbocycles. The first-order valence-corrected chi connectivity index (χ1v) is 12.0. The van der Waals surface area contributed by atoms with Crippen molar-refractivity contribution in [3.63, 3.8) is 0 Å². The number of aromatic amines is 1. The lowest BCUT2D eigenvalue weighted by atomic mass is 10.1. The van der Waals surface area contributed by atoms with Crippen LogP contribution in [0.5, 0.6) is 6.01 Å². The monoisotopic (exact) mass is 483 g/mol. The van der Waals surface area contributed by atoms with Crippen molar-refractivity contribution >= 4 is 28.6 Å². The zero-order valence-corrected chi connectivity index (χ0v) is 20.3. The minimum absolute atomic E-state index is 0.194. The van der Waals surface area contributed by atoms with Gasteiger partial charge in [0.15, 0.2) is 11.5 Å². The van der Waals surface area contributed by atoms with E-state index in [0.717, 1.165) is 50.3 Å². The van der Waals surface area contributed by atoms with E-state index in [9.17, 15) is 9.59 Å². The number of nitrogens with two attached hydrogens (primary N) is 1. The Hall–Kier alpha value is -3.60. The van der Waals surface area contributed by atoms with Crippen LogP contribution in [0.1, 0.15) is 25.3 Å². The van der Waals surface area contributed by atoms with Crippen LogP contribution in [0, 0.1) is 0 Å². The Morgan fingerprint density at radius 1 is 1.17 bits per heavy atom. The van der Waals surface area contributed by atoms with Gasteiger partial charge in [-0.3, -0.25) is 14.3 Å². The Morgan fingerprint density at radius 3 is 2.71 bits per heavy atom. The fourth-order valence-corrected chi connectivity index (χ4v) is 4.18. The number of nitrogen functional groups attached to an aromatic ring is 1. The third-order valence-corrected chi connectivity index (χ3v) is 6.22. The quantitative estimate of drug-likeness (QED) is 0.324. The first-order chi connectivity index (χ1) is 17.0. The van der Waals surface area contributed by atoms with E-state index in [2.05, 4.69) is 37.7 Å². The first kappa shape index (κ1) is 24.5. The number of nitrogens with zero attached hydrogens (tertiary/aromatic N) is 5. The molecule has 4 rings (SSSR count). The van der Waals surface area contributed by atoms with Crippen molar-refractivity contribution in [3.05, 3.63) is 40.3 Å². The van der Waals surface area contributed by atoms with E-state index in [4.69, 9.17) is 15.2 Å². The number of benzene rings is 1. The Labute approximate surface area is 203 Å². The Bertz CT molecular complexity index is 1210. The number of rotatable bonds is 10. The molecule has 0 aliphatic carbocycles. The first-order valence-electron chi connectivity index (χ1n) is 12.0. The number of carbonyl (C=O) groups excluding carboxylic acids is 1. The number of anilines is 2. The van der Waals surface area contributed by atoms with Gasteiger partial charge in [-0.05, 0) is 24.1 Å². The lowest BCUT2D eigenvalue weighted by Crippen LogP contribution is -2.47. The summed E-state index contributed by atoms with van der Waals surface area (Å²) in [6, 6.07) is 8.21. The number of unbranched alkanes of at least 4 members (excludes halogenated alkanes) is 1. The summed E-state index contributed by atoms with van der Waals surface area (Å²) < 4.78 is 12.0. The minimum Gasteiger partial charge on any atom is -0.469 e. The van der Waals surface area contributed by atoms with Crippen LogP contribution in [-0.2, 0) is 22.5 Å². The van der Waals surface area contributed by atoms with Gasteiger partial charge in [0.2, 0.25) is 0 Å². The number of carbonyl (C=O) groups is 1. The predicted octanol–water partition coefficient (Wildman–Crippen LogP) is 1.42. The lowest BCUT2D eigenvalue weighted by Gasteiger charge is -2.36. The summed E-state index contributed by atoms with van der Waals surface area (Å²) >= 11 is 0. The van der Waals surface area contributed by atoms with Gasteiger partial charge in [-0.1, -0.05) is 25.5 Å². The van der Waals surface area contributed by atoms with Crippen LogP contribution in [0.2, 0.25) is 0 Å². The summed E-state index contributed by atoms with van der Waals surface area (Å²) in [4.78, 5) is 40.2. The average molecular weight is 484 g/mol. The standard InChI is InChI=1S/C24H33N7O4/c1-3-4-14-35-23-27-21(25)20-22(28-23)31(24(33)26-20)13-10-29-8-11-30(12-9-29)18-7-5-6-17(15-18)16-19(32)34-2/h5-7,15H,3-4,8-14,16H2,1-2H3,(H,26,33)(H2,25,27,28). The second-order valence-electron chi connectivity index (χ2n) is 8.63. The number of hydrogen-bond acceptors (Lipinski definition) is 9. The number of methoxy groups -OCH3 is 1. The highest BCUT2D eigenvalue weighted by Gasteiger charge is 2.20. The third-order valence-electron chi connectivity index (χ3n) is 6.22. The maximum absolute atomic E-state index is 12.6. The molecule has 11 nitrogen and oxygen atoms in total. The predicted molar refractivity (Wildman–Crippen MR) is 134 cm³/mol. The SMILES string of the molecule is CCCCOc1nc(N)c2[nH]c(=O)n(CCN3CCN(c4cccc(CC(=O)OC)c4)CC3)c2n1. The summed E-state index contributed by atoms with van der Waals surface area (Å²) in [6.45, 7) is 7.21. The molecule has 0 spiro atoms. The average Bonchev–Trinajstić information content (AvgIpc) is 3.19. The molecule has 1 aliphatic rings. The van der Waals surface area contributed by atoms with Gasteiger partial charge in [-0.2, -0.15) is 9.97 Å². The third kappa shape index (κ3) is 5.91. The number of nitrogens with one attached hydrogen (secondary N) is 1. The molecule has 0 amide bonds. The molecule has 188 valence electrons. The van der Waals surface area contributed by atoms with Crippen LogP contribution in [0.15, 0.2) is 29.1 Å². The van der Waals surface area contributed by atoms with E-state index >= 15 is 0 Å². The second-order valence-corrected chi connectivity index (χ2v) is 8.63. The van der Waals surface area contributed by atoms with Gasteiger partial charge in [0.25, 0.3) is 0 Å². The maximum atomic E-state index is 12.6. The lowest BCUT2D eigenvalue weighted by molar-refractivity contribution is -0.139. The van der Waals surface area contributed by atoms with E-state index < -0.39 is 0 Å². The van der Waals surface area contributed by atoms with Crippen LogP contribution in [-0.4, -0.2) is 76.8 Å². The van der Waals surface area contributed by atoms with E-state index in [1.165, 1.54) is 7.11 Å². The second kappa shape index (κ2) is 11.2. The van der Waals surface area contributed by atoms with E-state index in [1.807, 2.05) is 18.2 Å². The van der Waals surface area contributed by atoms with Crippen LogP contribution < -0.4 is 21.1 Å². The molecule has 3 N–H and O–H groups in total. The van der Waals surface area contributed by atoms with E-state index in [1.54, 1.807) is 4.57 Å². The highest BCUT2D eigenvalue weighted by molar-refractivity contribution is 5.81. The molecule has 2 aromatic heterocycles. The number of imidazole rings is 1. The van der Waals surface area contributed by atoms with Crippen molar-refractivity contribution in [1.29, 1.82) is 0 Å². The van der Waals surface area contributed by atoms with Gasteiger partial charge in [-0.15, -0.1) is 0 Å². The van der Waals surface area contributed by atoms with Crippen molar-refractivity contribution in [2.75, 3.05) is 57.1 Å². The molecular weight excluding hydrogens is 450 g/mol. The van der Waals surface area contributed by atoms with Gasteiger partial charge in [0.05, 0.1) is 20.1 Å². The Kier molecular flexibility index (Phi) is 7.86. The summed E-state index contributed by atoms with van der Waals surface area (Å²) in [6.07, 6.45) is 2.16. The number of hydrogen-bond donors (Lipinski definition) is 2. The Morgan fingerprint density at radius 2 is 1.97 bits per heavy atom. The molecule has 35 heavy (non-hydrogen) atoms. The molecular formula is C24H33N7O4. The van der Waals surface area contributed by atoms with Gasteiger partial charge in [0, 0.05) is 45.0 Å². The molecule has 11 heteroatoms. The smallest absolute Gasteiger partial charge is 0.327 e. The molecule has 0 bridgehead atoms. The highest BCUT2D eigenvalue weighted by atomic mass is 16.5. The molecule has 0 atom stereocenters. The zero-order valence-electron chi connectivity index (χ0n) is 20.3. The molecule has 1 fully saturated rings. The van der Waals surface area contributed by atoms with E-state index in [0.29, 0.717) is 30.9 Å². The van der Waals surface area contributed by atoms with E-state index in [-0.39, 0.29) is 29.9 Å². The summed E-state index contributed by atoms with van der Waals surface area (Å²) in [5.74, 6) is -0.0356. The summed E-state index contributed by atoms with van der Waals surface area (Å²) in [5.41, 5.74) is 8.73.